The van der Waals surface area contributed by atoms with E-state index in [1.54, 1.807) is 6.20 Å². The maximum Gasteiger partial charge on any atom is 0.192 e. The van der Waals surface area contributed by atoms with Gasteiger partial charge in [0.05, 0.1) is 11.2 Å². The van der Waals surface area contributed by atoms with Crippen molar-refractivity contribution >= 4 is 11.2 Å². The second-order valence-corrected chi connectivity index (χ2v) is 3.61. The number of hydrogen-bond acceptors (Lipinski definition) is 4. The van der Waals surface area contributed by atoms with Crippen LogP contribution < -0.4 is 0 Å². The molecule has 3 rings (SSSR count). The first-order valence-electron chi connectivity index (χ1n) is 4.99. The molecule has 0 bridgehead atoms. The monoisotopic (exact) mass is 214 g/mol. The number of oxazole rings is 1. The van der Waals surface area contributed by atoms with E-state index in [1.165, 1.54) is 0 Å². The quantitative estimate of drug-likeness (QED) is 0.674. The molecular weight excluding hydrogens is 204 g/mol. The standard InChI is InChI=1S/C11H10N4O/c1-6-9(16-7(2)13-6)11-14-8-4-3-5-12-10(8)15-11/h3-5H,1-2H3,(H,12,14,15). The van der Waals surface area contributed by atoms with Crippen LogP contribution in [0.25, 0.3) is 22.7 Å². The van der Waals surface area contributed by atoms with Gasteiger partial charge in [0.25, 0.3) is 0 Å². The number of nitrogens with one attached hydrogen (secondary N) is 1. The fourth-order valence-electron chi connectivity index (χ4n) is 1.70. The van der Waals surface area contributed by atoms with Crippen LogP contribution >= 0.6 is 0 Å². The lowest BCUT2D eigenvalue weighted by molar-refractivity contribution is 0.531. The van der Waals surface area contributed by atoms with Gasteiger partial charge in [0, 0.05) is 13.1 Å². The number of hydrogen-bond donors (Lipinski definition) is 1. The van der Waals surface area contributed by atoms with E-state index in [9.17, 15) is 0 Å². The van der Waals surface area contributed by atoms with Gasteiger partial charge >= 0.3 is 0 Å². The van der Waals surface area contributed by atoms with Gasteiger partial charge < -0.3 is 9.40 Å². The van der Waals surface area contributed by atoms with E-state index in [1.807, 2.05) is 26.0 Å². The Morgan fingerprint density at radius 1 is 1.25 bits per heavy atom. The lowest BCUT2D eigenvalue weighted by atomic mass is 10.3. The molecule has 0 saturated heterocycles. The van der Waals surface area contributed by atoms with Crippen LogP contribution in [0.4, 0.5) is 0 Å². The van der Waals surface area contributed by atoms with Crippen molar-refractivity contribution in [2.45, 2.75) is 13.8 Å². The van der Waals surface area contributed by atoms with E-state index >= 15 is 0 Å². The summed E-state index contributed by atoms with van der Waals surface area (Å²) in [5, 5.41) is 0. The van der Waals surface area contributed by atoms with Crippen molar-refractivity contribution in [1.82, 2.24) is 19.9 Å². The van der Waals surface area contributed by atoms with Gasteiger partial charge in [-0.2, -0.15) is 0 Å². The molecule has 0 atom stereocenters. The van der Waals surface area contributed by atoms with E-state index in [0.29, 0.717) is 23.1 Å². The lowest BCUT2D eigenvalue weighted by Gasteiger charge is -1.89. The number of aromatic amines is 1. The Labute approximate surface area is 91.6 Å². The van der Waals surface area contributed by atoms with Gasteiger partial charge in [-0.3, -0.25) is 0 Å². The summed E-state index contributed by atoms with van der Waals surface area (Å²) in [4.78, 5) is 15.9. The highest BCUT2D eigenvalue weighted by Gasteiger charge is 2.13. The molecule has 0 aliphatic heterocycles. The summed E-state index contributed by atoms with van der Waals surface area (Å²) in [7, 11) is 0. The third-order valence-corrected chi connectivity index (χ3v) is 2.38. The van der Waals surface area contributed by atoms with Gasteiger partial charge in [-0.1, -0.05) is 0 Å². The number of rotatable bonds is 1. The Morgan fingerprint density at radius 3 is 2.81 bits per heavy atom. The predicted molar refractivity (Wildman–Crippen MR) is 58.9 cm³/mol. The Bertz CT molecular complexity index is 620. The summed E-state index contributed by atoms with van der Waals surface area (Å²) >= 11 is 0. The third kappa shape index (κ3) is 1.29. The molecule has 5 heteroatoms. The minimum absolute atomic E-state index is 0.640. The SMILES string of the molecule is Cc1nc(C)c(-c2nc3ncccc3[nH]2)o1. The molecule has 0 fully saturated rings. The highest BCUT2D eigenvalue weighted by Crippen LogP contribution is 2.23. The van der Waals surface area contributed by atoms with Crippen LogP contribution in [0.5, 0.6) is 0 Å². The van der Waals surface area contributed by atoms with Crippen molar-refractivity contribution in [3.8, 4) is 11.6 Å². The topological polar surface area (TPSA) is 67.6 Å². The summed E-state index contributed by atoms with van der Waals surface area (Å²) in [6.07, 6.45) is 1.71. The van der Waals surface area contributed by atoms with Crippen molar-refractivity contribution in [1.29, 1.82) is 0 Å². The maximum absolute atomic E-state index is 5.50. The van der Waals surface area contributed by atoms with Gasteiger partial charge in [0.15, 0.2) is 23.1 Å². The number of imidazole rings is 1. The molecular formula is C11H10N4O. The zero-order valence-electron chi connectivity index (χ0n) is 8.98. The Balaban J connectivity index is 2.22. The van der Waals surface area contributed by atoms with Crippen LogP contribution in [0.15, 0.2) is 22.7 Å². The van der Waals surface area contributed by atoms with E-state index < -0.39 is 0 Å². The Hall–Kier alpha value is -2.17. The number of fused-ring (bicyclic) bond motifs is 1. The van der Waals surface area contributed by atoms with E-state index in [2.05, 4.69) is 19.9 Å². The van der Waals surface area contributed by atoms with Gasteiger partial charge in [-0.25, -0.2) is 15.0 Å². The number of pyridine rings is 1. The number of aromatic nitrogens is 4. The van der Waals surface area contributed by atoms with Gasteiger partial charge in [0.1, 0.15) is 0 Å². The first-order valence-corrected chi connectivity index (χ1v) is 4.99. The minimum Gasteiger partial charge on any atom is -0.437 e. The summed E-state index contributed by atoms with van der Waals surface area (Å²) in [5.41, 5.74) is 2.41. The molecule has 0 aliphatic rings. The second kappa shape index (κ2) is 3.16. The van der Waals surface area contributed by atoms with Crippen LogP contribution in [-0.2, 0) is 0 Å². The smallest absolute Gasteiger partial charge is 0.192 e. The molecule has 0 spiro atoms. The predicted octanol–water partition coefficient (Wildman–Crippen LogP) is 2.23. The van der Waals surface area contributed by atoms with Crippen molar-refractivity contribution in [2.75, 3.05) is 0 Å². The van der Waals surface area contributed by atoms with Crippen molar-refractivity contribution in [2.24, 2.45) is 0 Å². The molecule has 0 unspecified atom stereocenters. The molecule has 3 aromatic rings. The molecule has 0 saturated carbocycles. The van der Waals surface area contributed by atoms with Crippen LogP contribution in [0.2, 0.25) is 0 Å². The Kier molecular flexibility index (Phi) is 1.80. The molecule has 0 amide bonds. The minimum atomic E-state index is 0.640. The fraction of sp³-hybridized carbons (Fsp3) is 0.182. The first-order chi connectivity index (χ1) is 7.74. The van der Waals surface area contributed by atoms with E-state index in [0.717, 1.165) is 11.2 Å². The van der Waals surface area contributed by atoms with Gasteiger partial charge in [0.2, 0.25) is 0 Å². The van der Waals surface area contributed by atoms with Crippen molar-refractivity contribution < 1.29 is 4.42 Å². The first kappa shape index (κ1) is 9.08. The zero-order valence-corrected chi connectivity index (χ0v) is 8.98. The average Bonchev–Trinajstić information content (AvgIpc) is 2.81. The van der Waals surface area contributed by atoms with Gasteiger partial charge in [-0.15, -0.1) is 0 Å². The average molecular weight is 214 g/mol. The van der Waals surface area contributed by atoms with Crippen molar-refractivity contribution in [3.63, 3.8) is 0 Å². The van der Waals surface area contributed by atoms with E-state index in [4.69, 9.17) is 4.42 Å². The number of nitrogens with zero attached hydrogens (tertiary/aromatic N) is 3. The molecule has 5 nitrogen and oxygen atoms in total. The Morgan fingerprint density at radius 2 is 2.12 bits per heavy atom. The highest BCUT2D eigenvalue weighted by molar-refractivity contribution is 5.74. The number of H-pyrrole nitrogens is 1. The number of aryl methyl sites for hydroxylation is 2. The molecule has 3 heterocycles. The fourth-order valence-corrected chi connectivity index (χ4v) is 1.70. The molecule has 80 valence electrons. The van der Waals surface area contributed by atoms with Crippen LogP contribution in [-0.4, -0.2) is 19.9 Å². The van der Waals surface area contributed by atoms with Crippen molar-refractivity contribution in [3.05, 3.63) is 29.9 Å². The third-order valence-electron chi connectivity index (χ3n) is 2.38. The molecule has 0 radical (unpaired) electrons. The summed E-state index contributed by atoms with van der Waals surface area (Å²) < 4.78 is 5.50. The van der Waals surface area contributed by atoms with Crippen LogP contribution in [0, 0.1) is 13.8 Å². The lowest BCUT2D eigenvalue weighted by Crippen LogP contribution is -1.80. The van der Waals surface area contributed by atoms with Gasteiger partial charge in [-0.05, 0) is 19.1 Å². The molecule has 0 aromatic carbocycles. The van der Waals surface area contributed by atoms with Crippen LogP contribution in [0.1, 0.15) is 11.6 Å². The summed E-state index contributed by atoms with van der Waals surface area (Å²) in [5.74, 6) is 1.99. The maximum atomic E-state index is 5.50. The summed E-state index contributed by atoms with van der Waals surface area (Å²) in [6, 6.07) is 3.79. The van der Waals surface area contributed by atoms with E-state index in [-0.39, 0.29) is 0 Å². The normalized spacial score (nSPS) is 11.1. The highest BCUT2D eigenvalue weighted by atomic mass is 16.4. The molecule has 16 heavy (non-hydrogen) atoms. The molecule has 1 N–H and O–H groups in total. The zero-order chi connectivity index (χ0) is 11.1. The summed E-state index contributed by atoms with van der Waals surface area (Å²) in [6.45, 7) is 3.71. The molecule has 0 aliphatic carbocycles. The second-order valence-electron chi connectivity index (χ2n) is 3.61. The molecule has 3 aromatic heterocycles. The largest absolute Gasteiger partial charge is 0.437 e. The van der Waals surface area contributed by atoms with Crippen LogP contribution in [0.3, 0.4) is 0 Å².